The molecule has 2 aromatic rings. The minimum Gasteiger partial charge on any atom is -0.353 e. The Bertz CT molecular complexity index is 691. The van der Waals surface area contributed by atoms with Crippen LogP contribution < -0.4 is 5.32 Å². The zero-order valence-electron chi connectivity index (χ0n) is 14.0. The smallest absolute Gasteiger partial charge is 0.241 e. The third-order valence-electron chi connectivity index (χ3n) is 4.45. The summed E-state index contributed by atoms with van der Waals surface area (Å²) in [6.07, 6.45) is 1.12. The predicted molar refractivity (Wildman–Crippen MR) is 92.6 cm³/mol. The number of fused-ring (bicyclic) bond motifs is 1. The number of hydrogen-bond acceptors (Lipinski definition) is 4. The maximum Gasteiger partial charge on any atom is 0.241 e. The molecule has 0 radical (unpaired) electrons. The Kier molecular flexibility index (Phi) is 4.82. The maximum atomic E-state index is 12.1. The van der Waals surface area contributed by atoms with E-state index in [-0.39, 0.29) is 5.91 Å². The van der Waals surface area contributed by atoms with Crippen LogP contribution in [0.2, 0.25) is 0 Å². The number of aromatic nitrogens is 2. The quantitative estimate of drug-likeness (QED) is 0.912. The van der Waals surface area contributed by atoms with Gasteiger partial charge in [-0.25, -0.2) is 0 Å². The molecule has 0 aromatic carbocycles. The number of carbonyl (C=O) groups excluding carboxylic acids is 1. The van der Waals surface area contributed by atoms with Crippen LogP contribution in [-0.2, 0) is 24.3 Å². The summed E-state index contributed by atoms with van der Waals surface area (Å²) >= 11 is 1.86. The van der Waals surface area contributed by atoms with E-state index in [0.717, 1.165) is 30.9 Å². The lowest BCUT2D eigenvalue weighted by molar-refractivity contribution is -0.122. The highest BCUT2D eigenvalue weighted by atomic mass is 32.1. The Morgan fingerprint density at radius 2 is 2.30 bits per heavy atom. The summed E-state index contributed by atoms with van der Waals surface area (Å²) in [7, 11) is 0. The molecule has 0 spiro atoms. The van der Waals surface area contributed by atoms with Crippen LogP contribution in [0, 0.1) is 13.8 Å². The molecule has 0 fully saturated rings. The van der Waals surface area contributed by atoms with Gasteiger partial charge < -0.3 is 5.32 Å². The minimum atomic E-state index is 0.0243. The van der Waals surface area contributed by atoms with Gasteiger partial charge in [0.05, 0.1) is 5.69 Å². The highest BCUT2D eigenvalue weighted by molar-refractivity contribution is 7.10. The van der Waals surface area contributed by atoms with Gasteiger partial charge in [0.1, 0.15) is 6.54 Å². The Morgan fingerprint density at radius 3 is 3.04 bits per heavy atom. The van der Waals surface area contributed by atoms with Crippen molar-refractivity contribution in [2.24, 2.45) is 0 Å². The molecule has 3 rings (SSSR count). The molecule has 3 heterocycles. The summed E-state index contributed by atoms with van der Waals surface area (Å²) in [4.78, 5) is 16.1. The molecule has 0 saturated heterocycles. The molecule has 5 nitrogen and oxygen atoms in total. The number of hydrogen-bond donors (Lipinski definition) is 1. The first-order valence-corrected chi connectivity index (χ1v) is 8.98. The Morgan fingerprint density at radius 1 is 1.48 bits per heavy atom. The fraction of sp³-hybridized carbons (Fsp3) is 0.529. The van der Waals surface area contributed by atoms with Gasteiger partial charge in [-0.3, -0.25) is 14.4 Å². The number of rotatable bonds is 5. The van der Waals surface area contributed by atoms with Gasteiger partial charge in [0.15, 0.2) is 0 Å². The third-order valence-corrected chi connectivity index (χ3v) is 5.47. The van der Waals surface area contributed by atoms with E-state index in [2.05, 4.69) is 33.7 Å². The number of thiophene rings is 1. The van der Waals surface area contributed by atoms with E-state index in [1.54, 1.807) is 4.68 Å². The SMILES string of the molecule is Cc1cc(C)n(CC(=O)NC[C@@H](C)N2CCc3sccc3C2)n1. The van der Waals surface area contributed by atoms with Gasteiger partial charge in [0.25, 0.3) is 0 Å². The fourth-order valence-corrected chi connectivity index (χ4v) is 3.95. The van der Waals surface area contributed by atoms with Crippen molar-refractivity contribution in [1.29, 1.82) is 0 Å². The van der Waals surface area contributed by atoms with Crippen molar-refractivity contribution in [3.8, 4) is 0 Å². The average Bonchev–Trinajstić information content (AvgIpc) is 3.10. The minimum absolute atomic E-state index is 0.0243. The lowest BCUT2D eigenvalue weighted by Crippen LogP contribution is -2.44. The monoisotopic (exact) mass is 332 g/mol. The second kappa shape index (κ2) is 6.84. The van der Waals surface area contributed by atoms with Gasteiger partial charge >= 0.3 is 0 Å². The molecule has 0 unspecified atom stereocenters. The molecule has 1 aliphatic rings. The van der Waals surface area contributed by atoms with Gasteiger partial charge in [0, 0.05) is 36.2 Å². The number of nitrogens with one attached hydrogen (secondary N) is 1. The largest absolute Gasteiger partial charge is 0.353 e. The van der Waals surface area contributed by atoms with Crippen LogP contribution in [0.3, 0.4) is 0 Å². The van der Waals surface area contributed by atoms with Crippen LogP contribution in [0.25, 0.3) is 0 Å². The topological polar surface area (TPSA) is 50.2 Å². The Labute approximate surface area is 141 Å². The van der Waals surface area contributed by atoms with Gasteiger partial charge in [-0.15, -0.1) is 11.3 Å². The van der Waals surface area contributed by atoms with E-state index in [1.165, 1.54) is 10.4 Å². The number of amides is 1. The standard InChI is InChI=1S/C17H24N4OS/c1-12-8-13(2)21(19-12)11-17(22)18-9-14(3)20-6-4-16-15(10-20)5-7-23-16/h5,7-8,14H,4,6,9-11H2,1-3H3,(H,18,22)/t14-/m1/s1. The van der Waals surface area contributed by atoms with E-state index in [0.29, 0.717) is 19.1 Å². The molecule has 23 heavy (non-hydrogen) atoms. The summed E-state index contributed by atoms with van der Waals surface area (Å²) in [6.45, 7) is 9.13. The normalized spacial score (nSPS) is 16.1. The summed E-state index contributed by atoms with van der Waals surface area (Å²) in [6, 6.07) is 4.55. The molecule has 0 saturated carbocycles. The van der Waals surface area contributed by atoms with Crippen molar-refractivity contribution in [3.63, 3.8) is 0 Å². The molecule has 1 aliphatic heterocycles. The summed E-state index contributed by atoms with van der Waals surface area (Å²) in [5.74, 6) is 0.0243. The second-order valence-electron chi connectivity index (χ2n) is 6.33. The van der Waals surface area contributed by atoms with Crippen LogP contribution in [0.15, 0.2) is 17.5 Å². The van der Waals surface area contributed by atoms with Crippen molar-refractivity contribution in [2.75, 3.05) is 13.1 Å². The van der Waals surface area contributed by atoms with Gasteiger partial charge in [-0.1, -0.05) is 0 Å². The Balaban J connectivity index is 1.48. The summed E-state index contributed by atoms with van der Waals surface area (Å²) in [5, 5.41) is 9.55. The number of aryl methyl sites for hydroxylation is 2. The van der Waals surface area contributed by atoms with Crippen molar-refractivity contribution >= 4 is 17.2 Å². The van der Waals surface area contributed by atoms with Crippen molar-refractivity contribution in [2.45, 2.75) is 46.3 Å². The molecule has 1 atom stereocenters. The van der Waals surface area contributed by atoms with Crippen molar-refractivity contribution < 1.29 is 4.79 Å². The van der Waals surface area contributed by atoms with E-state index in [9.17, 15) is 4.79 Å². The van der Waals surface area contributed by atoms with Crippen LogP contribution in [0.4, 0.5) is 0 Å². The summed E-state index contributed by atoms with van der Waals surface area (Å²) in [5.41, 5.74) is 3.41. The van der Waals surface area contributed by atoms with Crippen LogP contribution in [-0.4, -0.2) is 39.7 Å². The Hall–Kier alpha value is -1.66. The van der Waals surface area contributed by atoms with Gasteiger partial charge in [-0.2, -0.15) is 5.10 Å². The highest BCUT2D eigenvalue weighted by Crippen LogP contribution is 2.24. The molecule has 6 heteroatoms. The average molecular weight is 332 g/mol. The van der Waals surface area contributed by atoms with E-state index >= 15 is 0 Å². The van der Waals surface area contributed by atoms with Gasteiger partial charge in [0.2, 0.25) is 5.91 Å². The number of nitrogens with zero attached hydrogens (tertiary/aromatic N) is 3. The van der Waals surface area contributed by atoms with Crippen molar-refractivity contribution in [3.05, 3.63) is 39.3 Å². The lowest BCUT2D eigenvalue weighted by atomic mass is 10.1. The first-order chi connectivity index (χ1) is 11.0. The molecule has 1 amide bonds. The van der Waals surface area contributed by atoms with E-state index in [1.807, 2.05) is 31.3 Å². The van der Waals surface area contributed by atoms with Gasteiger partial charge in [-0.05, 0) is 50.3 Å². The van der Waals surface area contributed by atoms with Crippen LogP contribution in [0.5, 0.6) is 0 Å². The molecule has 2 aromatic heterocycles. The summed E-state index contributed by atoms with van der Waals surface area (Å²) < 4.78 is 1.76. The molecule has 1 N–H and O–H groups in total. The first kappa shape index (κ1) is 16.2. The lowest BCUT2D eigenvalue weighted by Gasteiger charge is -2.32. The van der Waals surface area contributed by atoms with E-state index < -0.39 is 0 Å². The zero-order valence-corrected chi connectivity index (χ0v) is 14.8. The highest BCUT2D eigenvalue weighted by Gasteiger charge is 2.21. The third kappa shape index (κ3) is 3.82. The molecule has 0 aliphatic carbocycles. The van der Waals surface area contributed by atoms with Crippen molar-refractivity contribution in [1.82, 2.24) is 20.0 Å². The van der Waals surface area contributed by atoms with E-state index in [4.69, 9.17) is 0 Å². The number of carbonyl (C=O) groups is 1. The van der Waals surface area contributed by atoms with Crippen LogP contribution >= 0.6 is 11.3 Å². The first-order valence-electron chi connectivity index (χ1n) is 8.10. The maximum absolute atomic E-state index is 12.1. The fourth-order valence-electron chi connectivity index (χ4n) is 3.06. The molecule has 0 bridgehead atoms. The zero-order chi connectivity index (χ0) is 16.4. The molecular weight excluding hydrogens is 308 g/mol. The molecular formula is C17H24N4OS. The second-order valence-corrected chi connectivity index (χ2v) is 7.33. The predicted octanol–water partition coefficient (Wildman–Crippen LogP) is 2.12. The molecule has 124 valence electrons. The van der Waals surface area contributed by atoms with Crippen LogP contribution in [0.1, 0.15) is 28.8 Å².